The van der Waals surface area contributed by atoms with Gasteiger partial charge >= 0.3 is 6.09 Å². The first kappa shape index (κ1) is 14.3. The molecule has 1 saturated heterocycles. The van der Waals surface area contributed by atoms with E-state index in [9.17, 15) is 4.79 Å². The number of anilines is 1. The molecule has 0 aliphatic carbocycles. The van der Waals surface area contributed by atoms with E-state index in [0.717, 1.165) is 21.4 Å². The van der Waals surface area contributed by atoms with Gasteiger partial charge in [-0.2, -0.15) is 0 Å². The predicted molar refractivity (Wildman–Crippen MR) is 86.2 cm³/mol. The fraction of sp³-hybridized carbons (Fsp3) is 0.188. The van der Waals surface area contributed by atoms with Crippen molar-refractivity contribution in [3.8, 4) is 0 Å². The minimum atomic E-state index is -0.275. The van der Waals surface area contributed by atoms with Gasteiger partial charge in [-0.05, 0) is 36.4 Å². The van der Waals surface area contributed by atoms with E-state index in [1.54, 1.807) is 16.7 Å². The zero-order valence-corrected chi connectivity index (χ0v) is 12.8. The number of thioether (sulfide) groups is 1. The first-order valence-electron chi connectivity index (χ1n) is 6.64. The number of ether oxygens (including phenoxy) is 1. The van der Waals surface area contributed by atoms with Crippen LogP contribution in [0.15, 0.2) is 59.5 Å². The zero-order valence-electron chi connectivity index (χ0n) is 11.2. The molecule has 0 spiro atoms. The van der Waals surface area contributed by atoms with Crippen molar-refractivity contribution < 1.29 is 9.53 Å². The molecule has 0 N–H and O–H groups in total. The molecule has 0 aromatic heterocycles. The number of cyclic esters (lactones) is 1. The summed E-state index contributed by atoms with van der Waals surface area (Å²) >= 11 is 7.52. The van der Waals surface area contributed by atoms with Crippen LogP contribution in [0.2, 0.25) is 5.02 Å². The number of hydrogen-bond acceptors (Lipinski definition) is 3. The summed E-state index contributed by atoms with van der Waals surface area (Å²) in [6.07, 6.45) is -0.374. The Kier molecular flexibility index (Phi) is 4.36. The molecule has 1 aliphatic heterocycles. The smallest absolute Gasteiger partial charge is 0.414 e. The molecule has 0 bridgehead atoms. The van der Waals surface area contributed by atoms with Crippen molar-refractivity contribution in [2.24, 2.45) is 0 Å². The number of benzene rings is 2. The molecule has 1 amide bonds. The molecule has 1 heterocycles. The highest BCUT2D eigenvalue weighted by Crippen LogP contribution is 2.26. The molecule has 108 valence electrons. The van der Waals surface area contributed by atoms with E-state index in [0.29, 0.717) is 6.54 Å². The van der Waals surface area contributed by atoms with Crippen LogP contribution in [0.5, 0.6) is 0 Å². The molecule has 1 aliphatic rings. The number of hydrogen-bond donors (Lipinski definition) is 0. The van der Waals surface area contributed by atoms with Gasteiger partial charge in [-0.3, -0.25) is 4.90 Å². The Balaban J connectivity index is 1.59. The first-order chi connectivity index (χ1) is 10.2. The molecular weight excluding hydrogens is 306 g/mol. The molecule has 2 aromatic rings. The Morgan fingerprint density at radius 2 is 1.86 bits per heavy atom. The van der Waals surface area contributed by atoms with Gasteiger partial charge in [0.05, 0.1) is 6.54 Å². The molecule has 21 heavy (non-hydrogen) atoms. The maximum Gasteiger partial charge on any atom is 0.414 e. The maximum atomic E-state index is 11.9. The molecule has 3 nitrogen and oxygen atoms in total. The summed E-state index contributed by atoms with van der Waals surface area (Å²) in [5.41, 5.74) is 0.876. The third-order valence-corrected chi connectivity index (χ3v) is 4.59. The molecule has 5 heteroatoms. The third-order valence-electron chi connectivity index (χ3n) is 3.19. The average molecular weight is 320 g/mol. The summed E-state index contributed by atoms with van der Waals surface area (Å²) in [7, 11) is 0. The summed E-state index contributed by atoms with van der Waals surface area (Å²) in [6, 6.07) is 17.3. The lowest BCUT2D eigenvalue weighted by atomic mass is 10.3. The van der Waals surface area contributed by atoms with Gasteiger partial charge in [-0.15, -0.1) is 11.8 Å². The van der Waals surface area contributed by atoms with Crippen molar-refractivity contribution in [1.29, 1.82) is 0 Å². The van der Waals surface area contributed by atoms with Crippen molar-refractivity contribution in [2.45, 2.75) is 11.0 Å². The average Bonchev–Trinajstić information content (AvgIpc) is 2.89. The minimum absolute atomic E-state index is 0.0987. The summed E-state index contributed by atoms with van der Waals surface area (Å²) in [5, 5.41) is 0.724. The lowest BCUT2D eigenvalue weighted by molar-refractivity contribution is 0.151. The van der Waals surface area contributed by atoms with Crippen molar-refractivity contribution >= 4 is 35.1 Å². The lowest BCUT2D eigenvalue weighted by Gasteiger charge is -2.12. The number of amides is 1. The number of para-hydroxylation sites is 1. The second-order valence-corrected chi connectivity index (χ2v) is 6.25. The van der Waals surface area contributed by atoms with Crippen molar-refractivity contribution in [3.05, 3.63) is 59.6 Å². The largest absolute Gasteiger partial charge is 0.443 e. The van der Waals surface area contributed by atoms with Gasteiger partial charge in [0.1, 0.15) is 6.10 Å². The Bertz CT molecular complexity index is 618. The number of rotatable bonds is 4. The third kappa shape index (κ3) is 3.52. The van der Waals surface area contributed by atoms with Crippen LogP contribution >= 0.6 is 23.4 Å². The van der Waals surface area contributed by atoms with Crippen molar-refractivity contribution in [2.75, 3.05) is 17.2 Å². The fourth-order valence-corrected chi connectivity index (χ4v) is 3.15. The van der Waals surface area contributed by atoms with Gasteiger partial charge in [-0.25, -0.2) is 4.79 Å². The van der Waals surface area contributed by atoms with Crippen LogP contribution in [-0.2, 0) is 4.74 Å². The zero-order chi connectivity index (χ0) is 14.7. The molecular formula is C16H14ClNO2S. The lowest BCUT2D eigenvalue weighted by Crippen LogP contribution is -2.24. The van der Waals surface area contributed by atoms with Crippen LogP contribution in [0, 0.1) is 0 Å². The van der Waals surface area contributed by atoms with Gasteiger partial charge in [0, 0.05) is 21.4 Å². The molecule has 1 fully saturated rings. The second kappa shape index (κ2) is 6.41. The van der Waals surface area contributed by atoms with Crippen LogP contribution in [0.4, 0.5) is 10.5 Å². The normalized spacial score (nSPS) is 17.9. The second-order valence-electron chi connectivity index (χ2n) is 4.72. The van der Waals surface area contributed by atoms with Crippen molar-refractivity contribution in [1.82, 2.24) is 0 Å². The van der Waals surface area contributed by atoms with Crippen LogP contribution in [0.25, 0.3) is 0 Å². The summed E-state index contributed by atoms with van der Waals surface area (Å²) in [6.45, 7) is 0.587. The van der Waals surface area contributed by atoms with Crippen LogP contribution in [0.1, 0.15) is 0 Å². The highest BCUT2D eigenvalue weighted by atomic mass is 35.5. The van der Waals surface area contributed by atoms with E-state index in [4.69, 9.17) is 16.3 Å². The quantitative estimate of drug-likeness (QED) is 0.779. The van der Waals surface area contributed by atoms with Gasteiger partial charge < -0.3 is 4.74 Å². The summed E-state index contributed by atoms with van der Waals surface area (Å²) in [4.78, 5) is 14.7. The Labute approximate surface area is 132 Å². The standard InChI is InChI=1S/C16H14ClNO2S/c17-12-6-8-15(9-7-12)21-11-14-10-18(16(19)20-14)13-4-2-1-3-5-13/h1-9,14H,10-11H2/t14-/m1/s1. The monoisotopic (exact) mass is 319 g/mol. The Hall–Kier alpha value is -1.65. The van der Waals surface area contributed by atoms with E-state index >= 15 is 0 Å². The molecule has 1 atom stereocenters. The first-order valence-corrected chi connectivity index (χ1v) is 8.00. The number of halogens is 1. The van der Waals surface area contributed by atoms with Gasteiger partial charge in [-0.1, -0.05) is 29.8 Å². The maximum absolute atomic E-state index is 11.9. The van der Waals surface area contributed by atoms with Crippen LogP contribution in [0.3, 0.4) is 0 Å². The van der Waals surface area contributed by atoms with Gasteiger partial charge in [0.15, 0.2) is 0 Å². The number of carbonyl (C=O) groups is 1. The number of nitrogens with zero attached hydrogens (tertiary/aromatic N) is 1. The highest BCUT2D eigenvalue weighted by Gasteiger charge is 2.32. The van der Waals surface area contributed by atoms with Crippen molar-refractivity contribution in [3.63, 3.8) is 0 Å². The van der Waals surface area contributed by atoms with Gasteiger partial charge in [0.25, 0.3) is 0 Å². The Morgan fingerprint density at radius 3 is 2.57 bits per heavy atom. The summed E-state index contributed by atoms with van der Waals surface area (Å²) < 4.78 is 5.41. The van der Waals surface area contributed by atoms with Crippen LogP contribution in [-0.4, -0.2) is 24.5 Å². The molecule has 0 radical (unpaired) electrons. The van der Waals surface area contributed by atoms with E-state index in [1.165, 1.54) is 0 Å². The fourth-order valence-electron chi connectivity index (χ4n) is 2.15. The number of carbonyl (C=O) groups excluding carboxylic acids is 1. The predicted octanol–water partition coefficient (Wildman–Crippen LogP) is 4.46. The van der Waals surface area contributed by atoms with E-state index < -0.39 is 0 Å². The summed E-state index contributed by atoms with van der Waals surface area (Å²) in [5.74, 6) is 0.733. The highest BCUT2D eigenvalue weighted by molar-refractivity contribution is 7.99. The molecule has 3 rings (SSSR count). The van der Waals surface area contributed by atoms with Gasteiger partial charge in [0.2, 0.25) is 0 Å². The van der Waals surface area contributed by atoms with E-state index in [-0.39, 0.29) is 12.2 Å². The van der Waals surface area contributed by atoms with E-state index in [1.807, 2.05) is 54.6 Å². The van der Waals surface area contributed by atoms with Crippen LogP contribution < -0.4 is 4.90 Å². The molecule has 0 saturated carbocycles. The Morgan fingerprint density at radius 1 is 1.14 bits per heavy atom. The SMILES string of the molecule is O=C1O[C@@H](CSc2ccc(Cl)cc2)CN1c1ccccc1. The molecule has 0 unspecified atom stereocenters. The minimum Gasteiger partial charge on any atom is -0.443 e. The molecule has 2 aromatic carbocycles. The topological polar surface area (TPSA) is 29.5 Å². The van der Waals surface area contributed by atoms with E-state index in [2.05, 4.69) is 0 Å².